The molecular formula is C17H19N3O. The SMILES string of the molecule is CC(C)(C)c1ccc(C(=O)N2Cc3cncnc3C2)cc1. The standard InChI is InChI=1S/C17H19N3O/c1-17(2,3)14-6-4-12(5-7-14)16(21)20-9-13-8-18-11-19-15(13)10-20/h4-8,11H,9-10H2,1-3H3. The number of hydrogen-bond acceptors (Lipinski definition) is 3. The molecule has 108 valence electrons. The van der Waals surface area contributed by atoms with Gasteiger partial charge < -0.3 is 4.90 Å². The van der Waals surface area contributed by atoms with Crippen LogP contribution in [0.2, 0.25) is 0 Å². The first kappa shape index (κ1) is 13.7. The van der Waals surface area contributed by atoms with Crippen LogP contribution in [0.25, 0.3) is 0 Å². The Morgan fingerprint density at radius 3 is 2.48 bits per heavy atom. The van der Waals surface area contributed by atoms with Crippen molar-refractivity contribution in [3.63, 3.8) is 0 Å². The van der Waals surface area contributed by atoms with Crippen molar-refractivity contribution in [2.75, 3.05) is 0 Å². The summed E-state index contributed by atoms with van der Waals surface area (Å²) in [6, 6.07) is 7.90. The van der Waals surface area contributed by atoms with E-state index in [1.165, 1.54) is 11.9 Å². The van der Waals surface area contributed by atoms with Gasteiger partial charge in [0.15, 0.2) is 0 Å². The molecule has 2 heterocycles. The number of carbonyl (C=O) groups excluding carboxylic acids is 1. The summed E-state index contributed by atoms with van der Waals surface area (Å²) in [7, 11) is 0. The topological polar surface area (TPSA) is 46.1 Å². The second-order valence-corrected chi connectivity index (χ2v) is 6.48. The molecule has 0 saturated heterocycles. The van der Waals surface area contributed by atoms with Gasteiger partial charge in [-0.15, -0.1) is 0 Å². The summed E-state index contributed by atoms with van der Waals surface area (Å²) in [5.74, 6) is 0.0495. The highest BCUT2D eigenvalue weighted by Gasteiger charge is 2.25. The van der Waals surface area contributed by atoms with E-state index in [0.717, 1.165) is 16.8 Å². The van der Waals surface area contributed by atoms with E-state index in [1.807, 2.05) is 29.2 Å². The third kappa shape index (κ3) is 2.66. The number of carbonyl (C=O) groups is 1. The first-order valence-corrected chi connectivity index (χ1v) is 7.13. The van der Waals surface area contributed by atoms with Gasteiger partial charge in [0, 0.05) is 23.9 Å². The highest BCUT2D eigenvalue weighted by molar-refractivity contribution is 5.94. The van der Waals surface area contributed by atoms with E-state index < -0.39 is 0 Å². The summed E-state index contributed by atoms with van der Waals surface area (Å²) in [6.07, 6.45) is 3.32. The second kappa shape index (κ2) is 4.95. The fraction of sp³-hybridized carbons (Fsp3) is 0.353. The van der Waals surface area contributed by atoms with Crippen molar-refractivity contribution < 1.29 is 4.79 Å². The molecule has 4 heteroatoms. The minimum absolute atomic E-state index is 0.0495. The fourth-order valence-corrected chi connectivity index (χ4v) is 2.54. The molecule has 0 saturated carbocycles. The lowest BCUT2D eigenvalue weighted by Crippen LogP contribution is -2.25. The molecule has 3 rings (SSSR count). The Balaban J connectivity index is 1.78. The van der Waals surface area contributed by atoms with E-state index in [4.69, 9.17) is 0 Å². The lowest BCUT2D eigenvalue weighted by atomic mass is 9.86. The summed E-state index contributed by atoms with van der Waals surface area (Å²) in [4.78, 5) is 22.6. The molecular weight excluding hydrogens is 262 g/mol. The van der Waals surface area contributed by atoms with E-state index in [0.29, 0.717) is 13.1 Å². The van der Waals surface area contributed by atoms with Crippen LogP contribution in [0, 0.1) is 0 Å². The Labute approximate surface area is 124 Å². The largest absolute Gasteiger partial charge is 0.328 e. The van der Waals surface area contributed by atoms with E-state index in [-0.39, 0.29) is 11.3 Å². The van der Waals surface area contributed by atoms with Gasteiger partial charge in [0.2, 0.25) is 0 Å². The highest BCUT2D eigenvalue weighted by Crippen LogP contribution is 2.24. The van der Waals surface area contributed by atoms with Gasteiger partial charge in [-0.25, -0.2) is 9.97 Å². The summed E-state index contributed by atoms with van der Waals surface area (Å²) >= 11 is 0. The third-order valence-corrected chi connectivity index (χ3v) is 3.87. The minimum Gasteiger partial charge on any atom is -0.328 e. The molecule has 0 radical (unpaired) electrons. The average molecular weight is 281 g/mol. The van der Waals surface area contributed by atoms with Gasteiger partial charge in [0.25, 0.3) is 5.91 Å². The van der Waals surface area contributed by atoms with Crippen molar-refractivity contribution in [2.24, 2.45) is 0 Å². The molecule has 1 amide bonds. The maximum absolute atomic E-state index is 12.6. The number of fused-ring (bicyclic) bond motifs is 1. The molecule has 1 aliphatic rings. The van der Waals surface area contributed by atoms with Crippen molar-refractivity contribution in [2.45, 2.75) is 39.3 Å². The maximum Gasteiger partial charge on any atom is 0.254 e. The predicted octanol–water partition coefficient (Wildman–Crippen LogP) is 2.93. The molecule has 4 nitrogen and oxygen atoms in total. The molecule has 0 fully saturated rings. The molecule has 0 bridgehead atoms. The number of benzene rings is 1. The molecule has 0 spiro atoms. The molecule has 0 aliphatic carbocycles. The normalized spacial score (nSPS) is 14.1. The monoisotopic (exact) mass is 281 g/mol. The quantitative estimate of drug-likeness (QED) is 0.807. The Kier molecular flexibility index (Phi) is 3.24. The first-order chi connectivity index (χ1) is 9.95. The number of hydrogen-bond donors (Lipinski definition) is 0. The van der Waals surface area contributed by atoms with Crippen LogP contribution in [-0.4, -0.2) is 20.8 Å². The van der Waals surface area contributed by atoms with Crippen LogP contribution in [0.5, 0.6) is 0 Å². The van der Waals surface area contributed by atoms with Gasteiger partial charge >= 0.3 is 0 Å². The molecule has 2 aromatic rings. The first-order valence-electron chi connectivity index (χ1n) is 7.13. The lowest BCUT2D eigenvalue weighted by Gasteiger charge is -2.20. The predicted molar refractivity (Wildman–Crippen MR) is 80.8 cm³/mol. The zero-order valence-corrected chi connectivity index (χ0v) is 12.6. The van der Waals surface area contributed by atoms with Crippen molar-refractivity contribution >= 4 is 5.91 Å². The van der Waals surface area contributed by atoms with E-state index in [1.54, 1.807) is 6.20 Å². The summed E-state index contributed by atoms with van der Waals surface area (Å²) in [5, 5.41) is 0. The number of rotatable bonds is 1. The van der Waals surface area contributed by atoms with Gasteiger partial charge in [-0.05, 0) is 23.1 Å². The van der Waals surface area contributed by atoms with E-state index >= 15 is 0 Å². The zero-order valence-electron chi connectivity index (χ0n) is 12.6. The highest BCUT2D eigenvalue weighted by atomic mass is 16.2. The molecule has 1 aromatic carbocycles. The molecule has 0 unspecified atom stereocenters. The van der Waals surface area contributed by atoms with E-state index in [9.17, 15) is 4.79 Å². The minimum atomic E-state index is 0.0495. The summed E-state index contributed by atoms with van der Waals surface area (Å²) < 4.78 is 0. The van der Waals surface area contributed by atoms with Crippen LogP contribution in [0.3, 0.4) is 0 Å². The van der Waals surface area contributed by atoms with Crippen LogP contribution in [0.15, 0.2) is 36.8 Å². The van der Waals surface area contributed by atoms with Crippen LogP contribution < -0.4 is 0 Å². The molecule has 1 aliphatic heterocycles. The molecule has 0 N–H and O–H groups in total. The van der Waals surface area contributed by atoms with Gasteiger partial charge in [0.1, 0.15) is 6.33 Å². The smallest absolute Gasteiger partial charge is 0.254 e. The van der Waals surface area contributed by atoms with E-state index in [2.05, 4.69) is 30.7 Å². The van der Waals surface area contributed by atoms with Gasteiger partial charge in [-0.2, -0.15) is 0 Å². The van der Waals surface area contributed by atoms with Crippen LogP contribution in [0.1, 0.15) is 48.0 Å². The Bertz CT molecular complexity index is 646. The van der Waals surface area contributed by atoms with Crippen LogP contribution in [0.4, 0.5) is 0 Å². The summed E-state index contributed by atoms with van der Waals surface area (Å²) in [6.45, 7) is 7.66. The molecule has 0 atom stereocenters. The fourth-order valence-electron chi connectivity index (χ4n) is 2.54. The van der Waals surface area contributed by atoms with Crippen molar-refractivity contribution in [3.05, 3.63) is 59.2 Å². The Morgan fingerprint density at radius 2 is 1.86 bits per heavy atom. The molecule has 21 heavy (non-hydrogen) atoms. The number of amides is 1. The lowest BCUT2D eigenvalue weighted by molar-refractivity contribution is 0.0750. The van der Waals surface area contributed by atoms with Crippen molar-refractivity contribution in [3.8, 4) is 0 Å². The van der Waals surface area contributed by atoms with Crippen LogP contribution in [-0.2, 0) is 18.5 Å². The van der Waals surface area contributed by atoms with Gasteiger partial charge in [0.05, 0.1) is 12.2 Å². The van der Waals surface area contributed by atoms with Crippen LogP contribution >= 0.6 is 0 Å². The maximum atomic E-state index is 12.6. The third-order valence-electron chi connectivity index (χ3n) is 3.87. The number of aromatic nitrogens is 2. The number of nitrogens with zero attached hydrogens (tertiary/aromatic N) is 3. The Morgan fingerprint density at radius 1 is 1.14 bits per heavy atom. The zero-order chi connectivity index (χ0) is 15.0. The Hall–Kier alpha value is -2.23. The second-order valence-electron chi connectivity index (χ2n) is 6.48. The summed E-state index contributed by atoms with van der Waals surface area (Å²) in [5.41, 5.74) is 4.04. The van der Waals surface area contributed by atoms with Crippen molar-refractivity contribution in [1.29, 1.82) is 0 Å². The van der Waals surface area contributed by atoms with Gasteiger partial charge in [-0.3, -0.25) is 4.79 Å². The van der Waals surface area contributed by atoms with Crippen molar-refractivity contribution in [1.82, 2.24) is 14.9 Å². The van der Waals surface area contributed by atoms with Gasteiger partial charge in [-0.1, -0.05) is 32.9 Å². The molecule has 1 aromatic heterocycles. The average Bonchev–Trinajstić information content (AvgIpc) is 2.89.